The highest BCUT2D eigenvalue weighted by atomic mass is 16.3. The number of aliphatic hydroxyl groups is 1. The first-order chi connectivity index (χ1) is 6.15. The molecule has 1 rings (SSSR count). The highest BCUT2D eigenvalue weighted by molar-refractivity contribution is 5.39. The van der Waals surface area contributed by atoms with Gasteiger partial charge in [-0.25, -0.2) is 4.98 Å². The van der Waals surface area contributed by atoms with E-state index in [1.165, 1.54) is 0 Å². The normalized spacial score (nSPS) is 12.6. The molecule has 0 aliphatic rings. The molecule has 0 fully saturated rings. The fourth-order valence-corrected chi connectivity index (χ4v) is 1.07. The van der Waals surface area contributed by atoms with E-state index < -0.39 is 0 Å². The number of hydrogen-bond donors (Lipinski definition) is 1. The first-order valence-electron chi connectivity index (χ1n) is 4.42. The highest BCUT2D eigenvalue weighted by Gasteiger charge is 2.08. The number of aryl methyl sites for hydroxylation is 1. The Balaban J connectivity index is 2.82. The molecule has 0 unspecified atom stereocenters. The van der Waals surface area contributed by atoms with Crippen LogP contribution in [0.1, 0.15) is 12.6 Å². The van der Waals surface area contributed by atoms with Crippen LogP contribution in [-0.2, 0) is 0 Å². The van der Waals surface area contributed by atoms with Gasteiger partial charge < -0.3 is 10.0 Å². The molecule has 0 spiro atoms. The molecule has 3 heteroatoms. The largest absolute Gasteiger partial charge is 0.394 e. The Labute approximate surface area is 79.0 Å². The zero-order valence-corrected chi connectivity index (χ0v) is 8.36. The molecule has 1 N–H and O–H groups in total. The van der Waals surface area contributed by atoms with E-state index in [1.54, 1.807) is 0 Å². The summed E-state index contributed by atoms with van der Waals surface area (Å²) in [6.07, 6.45) is 0. The van der Waals surface area contributed by atoms with E-state index in [9.17, 15) is 0 Å². The van der Waals surface area contributed by atoms with Gasteiger partial charge in [-0.2, -0.15) is 0 Å². The van der Waals surface area contributed by atoms with Gasteiger partial charge in [0.15, 0.2) is 0 Å². The van der Waals surface area contributed by atoms with Crippen molar-refractivity contribution in [2.45, 2.75) is 19.9 Å². The number of hydrogen-bond acceptors (Lipinski definition) is 3. The average Bonchev–Trinajstić information content (AvgIpc) is 2.15. The van der Waals surface area contributed by atoms with Crippen molar-refractivity contribution in [3.8, 4) is 0 Å². The Morgan fingerprint density at radius 3 is 2.77 bits per heavy atom. The van der Waals surface area contributed by atoms with Gasteiger partial charge >= 0.3 is 0 Å². The zero-order valence-electron chi connectivity index (χ0n) is 8.36. The van der Waals surface area contributed by atoms with Gasteiger partial charge in [0.2, 0.25) is 0 Å². The summed E-state index contributed by atoms with van der Waals surface area (Å²) in [7, 11) is 1.93. The summed E-state index contributed by atoms with van der Waals surface area (Å²) in [5.74, 6) is 0.904. The topological polar surface area (TPSA) is 36.4 Å². The standard InChI is InChI=1S/C10H16N2O/c1-8-5-4-6-10(11-8)12(3)9(2)7-13/h4-6,9,13H,7H2,1-3H3/t9-/m0/s1. The summed E-state index contributed by atoms with van der Waals surface area (Å²) >= 11 is 0. The molecule has 1 heterocycles. The summed E-state index contributed by atoms with van der Waals surface area (Å²) in [4.78, 5) is 6.32. The van der Waals surface area contributed by atoms with Crippen LogP contribution in [0.5, 0.6) is 0 Å². The SMILES string of the molecule is Cc1cccc(N(C)[C@@H](C)CO)n1. The van der Waals surface area contributed by atoms with Gasteiger partial charge in [-0.15, -0.1) is 0 Å². The van der Waals surface area contributed by atoms with Gasteiger partial charge in [-0.3, -0.25) is 0 Å². The number of anilines is 1. The molecule has 0 radical (unpaired) electrons. The van der Waals surface area contributed by atoms with Gasteiger partial charge in [0.1, 0.15) is 5.82 Å². The smallest absolute Gasteiger partial charge is 0.128 e. The molecular weight excluding hydrogens is 164 g/mol. The van der Waals surface area contributed by atoms with Crippen molar-refractivity contribution in [1.82, 2.24) is 4.98 Å². The zero-order chi connectivity index (χ0) is 9.84. The molecule has 0 aromatic carbocycles. The van der Waals surface area contributed by atoms with E-state index in [0.29, 0.717) is 0 Å². The fraction of sp³-hybridized carbons (Fsp3) is 0.500. The third-order valence-electron chi connectivity index (χ3n) is 2.16. The van der Waals surface area contributed by atoms with Crippen LogP contribution >= 0.6 is 0 Å². The van der Waals surface area contributed by atoms with E-state index in [4.69, 9.17) is 5.11 Å². The number of likely N-dealkylation sites (N-methyl/N-ethyl adjacent to an activating group) is 1. The lowest BCUT2D eigenvalue weighted by Crippen LogP contribution is -2.32. The Kier molecular flexibility index (Phi) is 3.25. The predicted molar refractivity (Wildman–Crippen MR) is 53.9 cm³/mol. The highest BCUT2D eigenvalue weighted by Crippen LogP contribution is 2.11. The Hall–Kier alpha value is -1.09. The van der Waals surface area contributed by atoms with E-state index in [0.717, 1.165) is 11.5 Å². The third kappa shape index (κ3) is 2.42. The number of aromatic nitrogens is 1. The molecule has 0 amide bonds. The molecule has 1 aromatic heterocycles. The number of nitrogens with zero attached hydrogens (tertiary/aromatic N) is 2. The molecule has 1 atom stereocenters. The first-order valence-corrected chi connectivity index (χ1v) is 4.42. The van der Waals surface area contributed by atoms with E-state index in [1.807, 2.05) is 44.0 Å². The molecule has 3 nitrogen and oxygen atoms in total. The van der Waals surface area contributed by atoms with Crippen molar-refractivity contribution < 1.29 is 5.11 Å². The lowest BCUT2D eigenvalue weighted by atomic mass is 10.3. The molecule has 0 aliphatic carbocycles. The van der Waals surface area contributed by atoms with Crippen LogP contribution in [0.25, 0.3) is 0 Å². The van der Waals surface area contributed by atoms with Crippen LogP contribution in [0.15, 0.2) is 18.2 Å². The molecule has 13 heavy (non-hydrogen) atoms. The van der Waals surface area contributed by atoms with Gasteiger partial charge in [-0.1, -0.05) is 6.07 Å². The number of rotatable bonds is 3. The monoisotopic (exact) mass is 180 g/mol. The summed E-state index contributed by atoms with van der Waals surface area (Å²) in [5.41, 5.74) is 0.995. The van der Waals surface area contributed by atoms with Crippen molar-refractivity contribution >= 4 is 5.82 Å². The predicted octanol–water partition coefficient (Wildman–Crippen LogP) is 1.21. The van der Waals surface area contributed by atoms with Crippen molar-refractivity contribution in [3.05, 3.63) is 23.9 Å². The molecule has 0 aliphatic heterocycles. The summed E-state index contributed by atoms with van der Waals surface area (Å²) in [6, 6.07) is 5.98. The number of pyridine rings is 1. The van der Waals surface area contributed by atoms with E-state index in [2.05, 4.69) is 4.98 Å². The van der Waals surface area contributed by atoms with Crippen LogP contribution in [0.3, 0.4) is 0 Å². The second-order valence-electron chi connectivity index (χ2n) is 3.28. The quantitative estimate of drug-likeness (QED) is 0.759. The summed E-state index contributed by atoms with van der Waals surface area (Å²) in [5, 5.41) is 8.97. The minimum Gasteiger partial charge on any atom is -0.394 e. The van der Waals surface area contributed by atoms with Crippen molar-refractivity contribution in [3.63, 3.8) is 0 Å². The first kappa shape index (κ1) is 9.99. The Morgan fingerprint density at radius 2 is 2.23 bits per heavy atom. The molecule has 1 aromatic rings. The third-order valence-corrected chi connectivity index (χ3v) is 2.16. The van der Waals surface area contributed by atoms with Gasteiger partial charge in [0, 0.05) is 12.7 Å². The maximum atomic E-state index is 8.97. The Bertz CT molecular complexity index is 275. The number of aliphatic hydroxyl groups excluding tert-OH is 1. The van der Waals surface area contributed by atoms with Crippen LogP contribution in [0.4, 0.5) is 5.82 Å². The van der Waals surface area contributed by atoms with Gasteiger partial charge in [0.05, 0.1) is 12.6 Å². The summed E-state index contributed by atoms with van der Waals surface area (Å²) < 4.78 is 0. The lowest BCUT2D eigenvalue weighted by Gasteiger charge is -2.24. The fourth-order valence-electron chi connectivity index (χ4n) is 1.07. The summed E-state index contributed by atoms with van der Waals surface area (Å²) in [6.45, 7) is 4.07. The maximum Gasteiger partial charge on any atom is 0.128 e. The minimum atomic E-state index is 0.106. The Morgan fingerprint density at radius 1 is 1.54 bits per heavy atom. The molecule has 0 bridgehead atoms. The average molecular weight is 180 g/mol. The minimum absolute atomic E-state index is 0.106. The second-order valence-corrected chi connectivity index (χ2v) is 3.28. The second kappa shape index (κ2) is 4.23. The van der Waals surface area contributed by atoms with E-state index in [-0.39, 0.29) is 12.6 Å². The van der Waals surface area contributed by atoms with Crippen LogP contribution in [0.2, 0.25) is 0 Å². The molecular formula is C10H16N2O. The van der Waals surface area contributed by atoms with Crippen LogP contribution < -0.4 is 4.90 Å². The van der Waals surface area contributed by atoms with Gasteiger partial charge in [0.25, 0.3) is 0 Å². The van der Waals surface area contributed by atoms with Crippen LogP contribution in [0, 0.1) is 6.92 Å². The lowest BCUT2D eigenvalue weighted by molar-refractivity contribution is 0.270. The van der Waals surface area contributed by atoms with Crippen molar-refractivity contribution in [2.24, 2.45) is 0 Å². The van der Waals surface area contributed by atoms with Crippen LogP contribution in [-0.4, -0.2) is 29.8 Å². The van der Waals surface area contributed by atoms with Gasteiger partial charge in [-0.05, 0) is 26.0 Å². The van der Waals surface area contributed by atoms with Crippen molar-refractivity contribution in [1.29, 1.82) is 0 Å². The van der Waals surface area contributed by atoms with Crippen molar-refractivity contribution in [2.75, 3.05) is 18.6 Å². The van der Waals surface area contributed by atoms with E-state index >= 15 is 0 Å². The molecule has 72 valence electrons. The molecule has 0 saturated heterocycles. The molecule has 0 saturated carbocycles. The maximum absolute atomic E-state index is 8.97.